The van der Waals surface area contributed by atoms with E-state index in [0.717, 1.165) is 12.8 Å². The van der Waals surface area contributed by atoms with Crippen molar-refractivity contribution in [1.82, 2.24) is 0 Å². The predicted molar refractivity (Wildman–Crippen MR) is 67.9 cm³/mol. The summed E-state index contributed by atoms with van der Waals surface area (Å²) in [6.45, 7) is 0. The van der Waals surface area contributed by atoms with Crippen molar-refractivity contribution in [2.75, 3.05) is 12.9 Å². The number of nitrogens with two attached hydrogens (primary N) is 1. The minimum atomic E-state index is -3.17. The first-order chi connectivity index (χ1) is 7.45. The number of sulfone groups is 1. The molecule has 17 heavy (non-hydrogen) atoms. The maximum absolute atomic E-state index is 11.9. The molecule has 0 radical (unpaired) electrons. The number of hydrogen-bond donors (Lipinski definition) is 1. The first-order valence-electron chi connectivity index (χ1n) is 5.49. The van der Waals surface area contributed by atoms with Crippen LogP contribution in [0.3, 0.4) is 0 Å². The van der Waals surface area contributed by atoms with Gasteiger partial charge in [0.15, 0.2) is 9.84 Å². The third-order valence-electron chi connectivity index (χ3n) is 3.05. The van der Waals surface area contributed by atoms with Gasteiger partial charge in [-0.15, -0.1) is 12.4 Å². The second kappa shape index (κ2) is 7.18. The zero-order chi connectivity index (χ0) is 12.2. The Morgan fingerprint density at radius 2 is 1.82 bits per heavy atom. The molecule has 1 saturated carbocycles. The fourth-order valence-corrected chi connectivity index (χ4v) is 3.72. The van der Waals surface area contributed by atoms with E-state index in [1.807, 2.05) is 0 Å². The van der Waals surface area contributed by atoms with E-state index in [4.69, 9.17) is 5.73 Å². The number of hydrogen-bond acceptors (Lipinski definition) is 5. The van der Waals surface area contributed by atoms with Crippen LogP contribution in [-0.2, 0) is 19.4 Å². The molecule has 1 rings (SSSR count). The van der Waals surface area contributed by atoms with Crippen molar-refractivity contribution in [1.29, 1.82) is 0 Å². The summed E-state index contributed by atoms with van der Waals surface area (Å²) < 4.78 is 28.2. The summed E-state index contributed by atoms with van der Waals surface area (Å²) in [4.78, 5) is 10.9. The van der Waals surface area contributed by atoms with Crippen LogP contribution in [0.2, 0.25) is 0 Å². The summed E-state index contributed by atoms with van der Waals surface area (Å²) in [5.41, 5.74) is 5.72. The topological polar surface area (TPSA) is 86.5 Å². The van der Waals surface area contributed by atoms with E-state index in [9.17, 15) is 13.2 Å². The fourth-order valence-electron chi connectivity index (χ4n) is 1.94. The van der Waals surface area contributed by atoms with Crippen LogP contribution >= 0.6 is 12.4 Å². The molecule has 0 aliphatic heterocycles. The van der Waals surface area contributed by atoms with Gasteiger partial charge < -0.3 is 10.5 Å². The van der Waals surface area contributed by atoms with Crippen molar-refractivity contribution in [2.24, 2.45) is 5.73 Å². The van der Waals surface area contributed by atoms with E-state index < -0.39 is 15.8 Å². The highest BCUT2D eigenvalue weighted by atomic mass is 35.5. The molecule has 2 N–H and O–H groups in total. The summed E-state index contributed by atoms with van der Waals surface area (Å²) >= 11 is 0. The SMILES string of the molecule is COC(=O)CCS(=O)(=O)C1CCC(N)CC1.Cl. The quantitative estimate of drug-likeness (QED) is 0.767. The van der Waals surface area contributed by atoms with E-state index in [-0.39, 0.29) is 35.9 Å². The average Bonchev–Trinajstić information content (AvgIpc) is 2.26. The Kier molecular flexibility index (Phi) is 7.04. The fraction of sp³-hybridized carbons (Fsp3) is 0.900. The third-order valence-corrected chi connectivity index (χ3v) is 5.31. The molecule has 0 amide bonds. The molecular weight excluding hydrogens is 266 g/mol. The van der Waals surface area contributed by atoms with Gasteiger partial charge in [0.05, 0.1) is 24.5 Å². The minimum Gasteiger partial charge on any atom is -0.469 e. The number of ether oxygens (including phenoxy) is 1. The normalized spacial score (nSPS) is 24.8. The number of esters is 1. The van der Waals surface area contributed by atoms with E-state index in [2.05, 4.69) is 4.74 Å². The summed E-state index contributed by atoms with van der Waals surface area (Å²) in [6, 6.07) is 0.132. The molecular formula is C10H20ClNO4S. The lowest BCUT2D eigenvalue weighted by Crippen LogP contribution is -2.34. The Balaban J connectivity index is 0.00000256. The number of methoxy groups -OCH3 is 1. The second-order valence-electron chi connectivity index (χ2n) is 4.23. The van der Waals surface area contributed by atoms with Crippen molar-refractivity contribution in [2.45, 2.75) is 43.4 Å². The van der Waals surface area contributed by atoms with Gasteiger partial charge in [0, 0.05) is 6.04 Å². The molecule has 0 atom stereocenters. The molecule has 7 heteroatoms. The largest absolute Gasteiger partial charge is 0.469 e. The Morgan fingerprint density at radius 3 is 2.29 bits per heavy atom. The van der Waals surface area contributed by atoms with Gasteiger partial charge >= 0.3 is 5.97 Å². The number of rotatable bonds is 4. The van der Waals surface area contributed by atoms with E-state index in [0.29, 0.717) is 12.8 Å². The zero-order valence-electron chi connectivity index (χ0n) is 9.92. The molecule has 1 aliphatic rings. The number of carbonyl (C=O) groups excluding carboxylic acids is 1. The Bertz CT molecular complexity index is 336. The van der Waals surface area contributed by atoms with Crippen molar-refractivity contribution < 1.29 is 17.9 Å². The van der Waals surface area contributed by atoms with Gasteiger partial charge in [-0.1, -0.05) is 0 Å². The molecule has 102 valence electrons. The summed E-state index contributed by atoms with van der Waals surface area (Å²) in [5.74, 6) is -0.587. The van der Waals surface area contributed by atoms with Crippen molar-refractivity contribution >= 4 is 28.2 Å². The Labute approximate surface area is 108 Å². The van der Waals surface area contributed by atoms with Crippen LogP contribution in [0, 0.1) is 0 Å². The Morgan fingerprint density at radius 1 is 1.29 bits per heavy atom. The highest BCUT2D eigenvalue weighted by Gasteiger charge is 2.29. The molecule has 0 aromatic heterocycles. The lowest BCUT2D eigenvalue weighted by molar-refractivity contribution is -0.140. The molecule has 0 spiro atoms. The highest BCUT2D eigenvalue weighted by Crippen LogP contribution is 2.24. The first kappa shape index (κ1) is 16.7. The molecule has 5 nitrogen and oxygen atoms in total. The molecule has 0 aromatic carbocycles. The van der Waals surface area contributed by atoms with Crippen LogP contribution in [-0.4, -0.2) is 38.5 Å². The second-order valence-corrected chi connectivity index (χ2v) is 6.63. The van der Waals surface area contributed by atoms with E-state index in [1.54, 1.807) is 0 Å². The molecule has 0 saturated heterocycles. The number of carbonyl (C=O) groups is 1. The lowest BCUT2D eigenvalue weighted by Gasteiger charge is -2.25. The highest BCUT2D eigenvalue weighted by molar-refractivity contribution is 7.92. The van der Waals surface area contributed by atoms with Crippen LogP contribution in [0.15, 0.2) is 0 Å². The molecule has 0 aromatic rings. The molecule has 0 heterocycles. The van der Waals surface area contributed by atoms with Gasteiger partial charge in [-0.05, 0) is 25.7 Å². The van der Waals surface area contributed by atoms with Crippen LogP contribution in [0.5, 0.6) is 0 Å². The maximum atomic E-state index is 11.9. The standard InChI is InChI=1S/C10H19NO4S.ClH/c1-15-10(12)6-7-16(13,14)9-4-2-8(11)3-5-9;/h8-9H,2-7,11H2,1H3;1H. The van der Waals surface area contributed by atoms with Gasteiger partial charge in [-0.25, -0.2) is 8.42 Å². The lowest BCUT2D eigenvalue weighted by atomic mass is 9.96. The van der Waals surface area contributed by atoms with E-state index in [1.165, 1.54) is 7.11 Å². The van der Waals surface area contributed by atoms with Gasteiger partial charge in [-0.3, -0.25) is 4.79 Å². The van der Waals surface area contributed by atoms with Crippen molar-refractivity contribution in [3.8, 4) is 0 Å². The Hall–Kier alpha value is -0.330. The monoisotopic (exact) mass is 285 g/mol. The van der Waals surface area contributed by atoms with Crippen LogP contribution < -0.4 is 5.73 Å². The van der Waals surface area contributed by atoms with Gasteiger partial charge in [0.2, 0.25) is 0 Å². The van der Waals surface area contributed by atoms with Crippen LogP contribution in [0.25, 0.3) is 0 Å². The van der Waals surface area contributed by atoms with Gasteiger partial charge in [-0.2, -0.15) is 0 Å². The first-order valence-corrected chi connectivity index (χ1v) is 7.21. The third kappa shape index (κ3) is 5.23. The summed E-state index contributed by atoms with van der Waals surface area (Å²) in [6.07, 6.45) is 2.68. The average molecular weight is 286 g/mol. The predicted octanol–water partition coefficient (Wildman–Crippen LogP) is 0.656. The molecule has 0 unspecified atom stereocenters. The van der Waals surface area contributed by atoms with Crippen molar-refractivity contribution in [3.63, 3.8) is 0 Å². The van der Waals surface area contributed by atoms with Gasteiger partial charge in [0.1, 0.15) is 0 Å². The van der Waals surface area contributed by atoms with Crippen LogP contribution in [0.1, 0.15) is 32.1 Å². The molecule has 0 bridgehead atoms. The summed E-state index contributed by atoms with van der Waals surface area (Å²) in [7, 11) is -1.91. The van der Waals surface area contributed by atoms with Crippen LogP contribution in [0.4, 0.5) is 0 Å². The number of halogens is 1. The maximum Gasteiger partial charge on any atom is 0.306 e. The molecule has 1 aliphatic carbocycles. The minimum absolute atomic E-state index is 0. The molecule has 1 fully saturated rings. The van der Waals surface area contributed by atoms with Crippen molar-refractivity contribution in [3.05, 3.63) is 0 Å². The van der Waals surface area contributed by atoms with Gasteiger partial charge in [0.25, 0.3) is 0 Å². The smallest absolute Gasteiger partial charge is 0.306 e. The zero-order valence-corrected chi connectivity index (χ0v) is 11.6. The van der Waals surface area contributed by atoms with E-state index >= 15 is 0 Å². The summed E-state index contributed by atoms with van der Waals surface area (Å²) in [5, 5.41) is -0.322.